The molecule has 0 atom stereocenters. The van der Waals surface area contributed by atoms with Crippen molar-refractivity contribution < 1.29 is 19.1 Å². The van der Waals surface area contributed by atoms with Crippen LogP contribution in [0.25, 0.3) is 0 Å². The highest BCUT2D eigenvalue weighted by molar-refractivity contribution is 6.30. The first-order chi connectivity index (χ1) is 15.5. The van der Waals surface area contributed by atoms with Gasteiger partial charge in [0.2, 0.25) is 0 Å². The molecule has 32 heavy (non-hydrogen) atoms. The van der Waals surface area contributed by atoms with Gasteiger partial charge in [0.15, 0.2) is 0 Å². The first kappa shape index (κ1) is 21.8. The molecular weight excluding hydrogens is 432 g/mol. The molecule has 1 saturated carbocycles. The van der Waals surface area contributed by atoms with Crippen molar-refractivity contribution in [2.45, 2.75) is 38.0 Å². The van der Waals surface area contributed by atoms with Crippen LogP contribution in [-0.4, -0.2) is 27.2 Å². The maximum absolute atomic E-state index is 12.4. The van der Waals surface area contributed by atoms with Crippen LogP contribution in [0.1, 0.15) is 54.3 Å². The zero-order valence-electron chi connectivity index (χ0n) is 17.3. The number of halogens is 1. The molecule has 1 amide bonds. The maximum Gasteiger partial charge on any atom is 0.320 e. The quantitative estimate of drug-likeness (QED) is 0.433. The number of carbonyl (C=O) groups is 2. The van der Waals surface area contributed by atoms with Gasteiger partial charge in [-0.05, 0) is 79.5 Å². The lowest BCUT2D eigenvalue weighted by Crippen LogP contribution is -2.16. The largest absolute Gasteiger partial charge is 0.481 e. The number of amides is 1. The van der Waals surface area contributed by atoms with Gasteiger partial charge < -0.3 is 20.2 Å². The van der Waals surface area contributed by atoms with Crippen LogP contribution in [0.5, 0.6) is 0 Å². The minimum absolute atomic E-state index is 0.103. The molecule has 0 bridgehead atoms. The Morgan fingerprint density at radius 2 is 1.62 bits per heavy atom. The second-order valence-corrected chi connectivity index (χ2v) is 8.37. The fourth-order valence-corrected chi connectivity index (χ4v) is 4.12. The average Bonchev–Trinajstić information content (AvgIpc) is 3.25. The van der Waals surface area contributed by atoms with E-state index in [4.69, 9.17) is 21.1 Å². The number of nitrogens with zero attached hydrogens (tertiary/aromatic N) is 2. The molecule has 0 unspecified atom stereocenters. The fourth-order valence-electron chi connectivity index (χ4n) is 3.99. The smallest absolute Gasteiger partial charge is 0.320 e. The molecule has 8 nitrogen and oxygen atoms in total. The summed E-state index contributed by atoms with van der Waals surface area (Å²) in [5.74, 6) is -0.674. The van der Waals surface area contributed by atoms with Crippen molar-refractivity contribution in [3.8, 4) is 0 Å². The summed E-state index contributed by atoms with van der Waals surface area (Å²) in [4.78, 5) is 23.3. The number of anilines is 3. The molecule has 0 radical (unpaired) electrons. The number of benzene rings is 2. The predicted octanol–water partition coefficient (Wildman–Crippen LogP) is 5.47. The zero-order chi connectivity index (χ0) is 22.5. The third-order valence-corrected chi connectivity index (χ3v) is 5.92. The van der Waals surface area contributed by atoms with Crippen molar-refractivity contribution in [3.05, 3.63) is 65.0 Å². The molecule has 1 fully saturated rings. The van der Waals surface area contributed by atoms with E-state index in [1.807, 2.05) is 24.3 Å². The molecule has 3 aromatic rings. The molecule has 1 aliphatic rings. The number of aliphatic carboxylic acids is 1. The fraction of sp³-hybridized carbons (Fsp3) is 0.304. The number of nitrogens with one attached hydrogen (secondary N) is 2. The van der Waals surface area contributed by atoms with Gasteiger partial charge in [0.1, 0.15) is 0 Å². The summed E-state index contributed by atoms with van der Waals surface area (Å²) in [5.41, 5.74) is 2.53. The van der Waals surface area contributed by atoms with E-state index < -0.39 is 11.9 Å². The predicted molar refractivity (Wildman–Crippen MR) is 120 cm³/mol. The Kier molecular flexibility index (Phi) is 6.70. The Hall–Kier alpha value is -3.39. The lowest BCUT2D eigenvalue weighted by atomic mass is 9.77. The molecule has 9 heteroatoms. The summed E-state index contributed by atoms with van der Waals surface area (Å²) in [6.45, 7) is 0. The van der Waals surface area contributed by atoms with Crippen LogP contribution in [0.4, 0.5) is 17.4 Å². The second kappa shape index (κ2) is 9.82. The van der Waals surface area contributed by atoms with Crippen LogP contribution in [0.2, 0.25) is 5.02 Å². The highest BCUT2D eigenvalue weighted by atomic mass is 35.5. The van der Waals surface area contributed by atoms with E-state index in [0.717, 1.165) is 25.7 Å². The van der Waals surface area contributed by atoms with Crippen molar-refractivity contribution in [3.63, 3.8) is 0 Å². The molecule has 4 rings (SSSR count). The Labute approximate surface area is 190 Å². The molecule has 1 aromatic heterocycles. The lowest BCUT2D eigenvalue weighted by Gasteiger charge is -2.28. The summed E-state index contributed by atoms with van der Waals surface area (Å²) in [5, 5.41) is 22.9. The van der Waals surface area contributed by atoms with Crippen LogP contribution < -0.4 is 10.6 Å². The minimum Gasteiger partial charge on any atom is -0.481 e. The molecule has 0 saturated heterocycles. The standard InChI is InChI=1S/C23H23ClN4O4/c24-17-7-11-19(12-8-17)26-23-28-27-22(32-23)21(31)25-18-9-5-16(6-10-18)15-3-1-14(2-4-15)13-20(29)30/h5-12,14-15H,1-4,13H2,(H,25,31)(H,26,28)(H,29,30)/t14-,15-. The van der Waals surface area contributed by atoms with Gasteiger partial charge in [0.25, 0.3) is 0 Å². The van der Waals surface area contributed by atoms with Crippen LogP contribution in [-0.2, 0) is 4.79 Å². The Morgan fingerprint density at radius 3 is 2.28 bits per heavy atom. The van der Waals surface area contributed by atoms with Gasteiger partial charge in [-0.1, -0.05) is 28.8 Å². The highest BCUT2D eigenvalue weighted by Gasteiger charge is 2.24. The second-order valence-electron chi connectivity index (χ2n) is 7.94. The zero-order valence-corrected chi connectivity index (χ0v) is 18.0. The van der Waals surface area contributed by atoms with Crippen LogP contribution in [0.15, 0.2) is 52.9 Å². The summed E-state index contributed by atoms with van der Waals surface area (Å²) < 4.78 is 5.39. The molecule has 166 valence electrons. The van der Waals surface area contributed by atoms with E-state index in [0.29, 0.717) is 22.3 Å². The van der Waals surface area contributed by atoms with Gasteiger partial charge in [0.05, 0.1) is 0 Å². The monoisotopic (exact) mass is 454 g/mol. The van der Waals surface area contributed by atoms with Gasteiger partial charge in [-0.15, -0.1) is 5.10 Å². The van der Waals surface area contributed by atoms with Crippen molar-refractivity contribution in [1.29, 1.82) is 0 Å². The maximum atomic E-state index is 12.4. The highest BCUT2D eigenvalue weighted by Crippen LogP contribution is 2.37. The van der Waals surface area contributed by atoms with Crippen LogP contribution >= 0.6 is 11.6 Å². The molecular formula is C23H23ClN4O4. The molecule has 0 aliphatic heterocycles. The van der Waals surface area contributed by atoms with E-state index in [-0.39, 0.29) is 24.2 Å². The van der Waals surface area contributed by atoms with E-state index in [1.165, 1.54) is 5.56 Å². The summed E-state index contributed by atoms with van der Waals surface area (Å²) >= 11 is 5.86. The van der Waals surface area contributed by atoms with E-state index in [9.17, 15) is 9.59 Å². The third kappa shape index (κ3) is 5.64. The van der Waals surface area contributed by atoms with Crippen molar-refractivity contribution in [1.82, 2.24) is 10.2 Å². The Balaban J connectivity index is 1.31. The van der Waals surface area contributed by atoms with E-state index >= 15 is 0 Å². The number of hydrogen-bond donors (Lipinski definition) is 3. The normalized spacial score (nSPS) is 18.2. The summed E-state index contributed by atoms with van der Waals surface area (Å²) in [6.07, 6.45) is 4.08. The molecule has 3 N–H and O–H groups in total. The number of carbonyl (C=O) groups excluding carboxylic acids is 1. The van der Waals surface area contributed by atoms with E-state index in [2.05, 4.69) is 20.8 Å². The number of carboxylic acid groups (broad SMARTS) is 1. The Morgan fingerprint density at radius 1 is 0.969 bits per heavy atom. The molecule has 1 aliphatic carbocycles. The topological polar surface area (TPSA) is 117 Å². The molecule has 1 heterocycles. The number of aromatic nitrogens is 2. The van der Waals surface area contributed by atoms with Crippen molar-refractivity contribution >= 4 is 40.9 Å². The molecule has 0 spiro atoms. The number of carboxylic acids is 1. The molecule has 2 aromatic carbocycles. The van der Waals surface area contributed by atoms with Crippen molar-refractivity contribution in [2.24, 2.45) is 5.92 Å². The third-order valence-electron chi connectivity index (χ3n) is 5.66. The van der Waals surface area contributed by atoms with Gasteiger partial charge in [-0.2, -0.15) is 0 Å². The number of hydrogen-bond acceptors (Lipinski definition) is 6. The van der Waals surface area contributed by atoms with E-state index in [1.54, 1.807) is 24.3 Å². The van der Waals surface area contributed by atoms with Gasteiger partial charge in [-0.3, -0.25) is 9.59 Å². The van der Waals surface area contributed by atoms with Crippen molar-refractivity contribution in [2.75, 3.05) is 10.6 Å². The lowest BCUT2D eigenvalue weighted by molar-refractivity contribution is -0.138. The SMILES string of the molecule is O=C(O)C[C@H]1CC[C@H](c2ccc(NC(=O)c3nnc(Nc4ccc(Cl)cc4)o3)cc2)CC1. The van der Waals surface area contributed by atoms with Crippen LogP contribution in [0, 0.1) is 5.92 Å². The first-order valence-electron chi connectivity index (χ1n) is 10.5. The van der Waals surface area contributed by atoms with Gasteiger partial charge >= 0.3 is 23.8 Å². The Bertz CT molecular complexity index is 1070. The van der Waals surface area contributed by atoms with Crippen LogP contribution in [0.3, 0.4) is 0 Å². The summed E-state index contributed by atoms with van der Waals surface area (Å²) in [6, 6.07) is 14.8. The average molecular weight is 455 g/mol. The van der Waals surface area contributed by atoms with Gasteiger partial charge in [-0.25, -0.2) is 0 Å². The minimum atomic E-state index is -0.720. The first-order valence-corrected chi connectivity index (χ1v) is 10.8. The summed E-state index contributed by atoms with van der Waals surface area (Å²) in [7, 11) is 0. The van der Waals surface area contributed by atoms with Gasteiger partial charge in [0, 0.05) is 22.8 Å². The number of rotatable bonds is 7.